The first-order valence-electron chi connectivity index (χ1n) is 12.2. The summed E-state index contributed by atoms with van der Waals surface area (Å²) in [5, 5.41) is 12.3. The zero-order chi connectivity index (χ0) is 25.0. The van der Waals surface area contributed by atoms with Crippen molar-refractivity contribution in [2.24, 2.45) is 0 Å². The van der Waals surface area contributed by atoms with E-state index in [-0.39, 0.29) is 0 Å². The Bertz CT molecular complexity index is 1510. The van der Waals surface area contributed by atoms with E-state index in [1.54, 1.807) is 18.6 Å². The van der Waals surface area contributed by atoms with E-state index in [1.165, 1.54) is 0 Å². The molecule has 0 unspecified atom stereocenters. The Labute approximate surface area is 214 Å². The van der Waals surface area contributed by atoms with Gasteiger partial charge in [0.2, 0.25) is 5.95 Å². The van der Waals surface area contributed by atoms with Crippen LogP contribution in [0.25, 0.3) is 28.2 Å². The lowest BCUT2D eigenvalue weighted by Crippen LogP contribution is -2.36. The summed E-state index contributed by atoms with van der Waals surface area (Å²) in [6.45, 7) is 5.22. The Hall–Kier alpha value is -4.63. The first-order valence-corrected chi connectivity index (χ1v) is 12.2. The highest BCUT2D eigenvalue weighted by atomic mass is 16.5. The van der Waals surface area contributed by atoms with Crippen LogP contribution in [0.3, 0.4) is 0 Å². The number of aromatic nitrogens is 6. The van der Waals surface area contributed by atoms with Crippen molar-refractivity contribution in [2.45, 2.75) is 6.92 Å². The van der Waals surface area contributed by atoms with Gasteiger partial charge in [-0.25, -0.2) is 14.6 Å². The number of rotatable bonds is 6. The fourth-order valence-corrected chi connectivity index (χ4v) is 4.37. The number of benzene rings is 2. The van der Waals surface area contributed by atoms with E-state index < -0.39 is 0 Å². The van der Waals surface area contributed by atoms with Gasteiger partial charge in [0, 0.05) is 48.5 Å². The molecular formula is C28H26N8O. The third-order valence-electron chi connectivity index (χ3n) is 6.37. The number of anilines is 3. The van der Waals surface area contributed by atoms with Gasteiger partial charge in [-0.3, -0.25) is 4.98 Å². The van der Waals surface area contributed by atoms with Gasteiger partial charge in [-0.05, 0) is 48.9 Å². The standard InChI is InChI=1S/C28H26N8O/c1-20-8-9-21(17-24(20)32-28-30-12-10-23(31-28)22-5-4-11-29-18-22)25-19-36(34-33-25)27-7-3-2-6-26(27)35-13-15-37-16-14-35/h2-12,17-19H,13-16H2,1H3,(H,30,31,32). The summed E-state index contributed by atoms with van der Waals surface area (Å²) in [5.41, 5.74) is 7.58. The van der Waals surface area contributed by atoms with Gasteiger partial charge in [0.1, 0.15) is 5.69 Å². The van der Waals surface area contributed by atoms with Gasteiger partial charge in [-0.15, -0.1) is 5.10 Å². The number of hydrogen-bond acceptors (Lipinski definition) is 8. The summed E-state index contributed by atoms with van der Waals surface area (Å²) in [6, 6.07) is 20.2. The fraction of sp³-hybridized carbons (Fsp3) is 0.179. The predicted octanol–water partition coefficient (Wildman–Crippen LogP) is 4.67. The Morgan fingerprint density at radius 1 is 0.865 bits per heavy atom. The highest BCUT2D eigenvalue weighted by molar-refractivity contribution is 5.71. The molecule has 6 rings (SSSR count). The molecular weight excluding hydrogens is 464 g/mol. The molecule has 0 aliphatic carbocycles. The van der Waals surface area contributed by atoms with Gasteiger partial charge in [-0.2, -0.15) is 0 Å². The van der Waals surface area contributed by atoms with E-state index in [2.05, 4.69) is 71.9 Å². The number of nitrogens with one attached hydrogen (secondary N) is 1. The zero-order valence-electron chi connectivity index (χ0n) is 20.5. The lowest BCUT2D eigenvalue weighted by atomic mass is 10.1. The van der Waals surface area contributed by atoms with Crippen molar-refractivity contribution in [3.63, 3.8) is 0 Å². The van der Waals surface area contributed by atoms with Gasteiger partial charge < -0.3 is 15.0 Å². The maximum absolute atomic E-state index is 5.53. The second-order valence-electron chi connectivity index (χ2n) is 8.80. The zero-order valence-corrected chi connectivity index (χ0v) is 20.5. The normalized spacial score (nSPS) is 13.5. The van der Waals surface area contributed by atoms with E-state index in [0.29, 0.717) is 5.95 Å². The SMILES string of the molecule is Cc1ccc(-c2cn(-c3ccccc3N3CCOCC3)nn2)cc1Nc1nccc(-c2cccnc2)n1. The van der Waals surface area contributed by atoms with Gasteiger partial charge in [0.15, 0.2) is 0 Å². The summed E-state index contributed by atoms with van der Waals surface area (Å²) >= 11 is 0. The average Bonchev–Trinajstić information content (AvgIpc) is 3.46. The van der Waals surface area contributed by atoms with E-state index in [0.717, 1.165) is 71.4 Å². The van der Waals surface area contributed by atoms with Crippen LogP contribution in [0.1, 0.15) is 5.56 Å². The number of morpholine rings is 1. The number of nitrogens with zero attached hydrogens (tertiary/aromatic N) is 7. The molecule has 0 bridgehead atoms. The Kier molecular flexibility index (Phi) is 6.26. The molecule has 0 saturated carbocycles. The summed E-state index contributed by atoms with van der Waals surface area (Å²) in [5.74, 6) is 0.518. The van der Waals surface area contributed by atoms with Crippen LogP contribution in [-0.2, 0) is 4.74 Å². The second kappa shape index (κ2) is 10.2. The molecule has 1 N–H and O–H groups in total. The summed E-state index contributed by atoms with van der Waals surface area (Å²) < 4.78 is 7.37. The first-order chi connectivity index (χ1) is 18.2. The minimum Gasteiger partial charge on any atom is -0.378 e. The minimum atomic E-state index is 0.518. The van der Waals surface area contributed by atoms with Crippen molar-refractivity contribution in [2.75, 3.05) is 36.5 Å². The second-order valence-corrected chi connectivity index (χ2v) is 8.80. The molecule has 9 heteroatoms. The Morgan fingerprint density at radius 3 is 2.57 bits per heavy atom. The van der Waals surface area contributed by atoms with Crippen LogP contribution >= 0.6 is 0 Å². The smallest absolute Gasteiger partial charge is 0.227 e. The molecule has 184 valence electrons. The van der Waals surface area contributed by atoms with Crippen LogP contribution in [-0.4, -0.2) is 56.2 Å². The Morgan fingerprint density at radius 2 is 1.73 bits per heavy atom. The maximum atomic E-state index is 5.53. The van der Waals surface area contributed by atoms with E-state index in [9.17, 15) is 0 Å². The van der Waals surface area contributed by atoms with Crippen LogP contribution in [0.5, 0.6) is 0 Å². The summed E-state index contributed by atoms with van der Waals surface area (Å²) in [4.78, 5) is 15.6. The number of pyridine rings is 1. The number of aryl methyl sites for hydroxylation is 1. The molecule has 0 spiro atoms. The minimum absolute atomic E-state index is 0.518. The van der Waals surface area contributed by atoms with Crippen molar-refractivity contribution in [1.29, 1.82) is 0 Å². The first kappa shape index (κ1) is 22.8. The maximum Gasteiger partial charge on any atom is 0.227 e. The molecule has 0 amide bonds. The molecule has 1 fully saturated rings. The third-order valence-corrected chi connectivity index (χ3v) is 6.37. The van der Waals surface area contributed by atoms with Crippen molar-refractivity contribution in [3.05, 3.63) is 91.0 Å². The summed E-state index contributed by atoms with van der Waals surface area (Å²) in [7, 11) is 0. The molecule has 3 aromatic heterocycles. The molecule has 4 heterocycles. The molecule has 9 nitrogen and oxygen atoms in total. The fourth-order valence-electron chi connectivity index (χ4n) is 4.37. The highest BCUT2D eigenvalue weighted by Crippen LogP contribution is 2.29. The third kappa shape index (κ3) is 4.89. The lowest BCUT2D eigenvalue weighted by molar-refractivity contribution is 0.122. The van der Waals surface area contributed by atoms with Crippen molar-refractivity contribution in [3.8, 4) is 28.2 Å². The lowest BCUT2D eigenvalue weighted by Gasteiger charge is -2.30. The number of ether oxygens (including phenoxy) is 1. The highest BCUT2D eigenvalue weighted by Gasteiger charge is 2.17. The van der Waals surface area contributed by atoms with E-state index in [1.807, 2.05) is 42.1 Å². The monoisotopic (exact) mass is 490 g/mol. The van der Waals surface area contributed by atoms with Gasteiger partial charge in [0.05, 0.1) is 36.5 Å². The van der Waals surface area contributed by atoms with Crippen LogP contribution < -0.4 is 10.2 Å². The molecule has 1 saturated heterocycles. The van der Waals surface area contributed by atoms with Gasteiger partial charge >= 0.3 is 0 Å². The largest absolute Gasteiger partial charge is 0.378 e. The van der Waals surface area contributed by atoms with E-state index >= 15 is 0 Å². The van der Waals surface area contributed by atoms with Gasteiger partial charge in [-0.1, -0.05) is 29.5 Å². The topological polar surface area (TPSA) is 93.9 Å². The average molecular weight is 491 g/mol. The molecule has 2 aromatic carbocycles. The van der Waals surface area contributed by atoms with Crippen LogP contribution in [0.15, 0.2) is 85.5 Å². The molecule has 0 radical (unpaired) electrons. The van der Waals surface area contributed by atoms with Crippen molar-refractivity contribution < 1.29 is 4.74 Å². The molecule has 5 aromatic rings. The van der Waals surface area contributed by atoms with Gasteiger partial charge in [0.25, 0.3) is 0 Å². The van der Waals surface area contributed by atoms with Crippen LogP contribution in [0.4, 0.5) is 17.3 Å². The number of hydrogen-bond donors (Lipinski definition) is 1. The molecule has 0 atom stereocenters. The molecule has 37 heavy (non-hydrogen) atoms. The Balaban J connectivity index is 1.27. The van der Waals surface area contributed by atoms with Crippen molar-refractivity contribution >= 4 is 17.3 Å². The quantitative estimate of drug-likeness (QED) is 0.367. The van der Waals surface area contributed by atoms with E-state index in [4.69, 9.17) is 4.74 Å². The molecule has 1 aliphatic heterocycles. The van der Waals surface area contributed by atoms with Crippen LogP contribution in [0.2, 0.25) is 0 Å². The molecule has 1 aliphatic rings. The van der Waals surface area contributed by atoms with Crippen molar-refractivity contribution in [1.82, 2.24) is 29.9 Å². The predicted molar refractivity (Wildman–Crippen MR) is 143 cm³/mol. The number of para-hydroxylation sites is 2. The van der Waals surface area contributed by atoms with Crippen LogP contribution in [0, 0.1) is 6.92 Å². The summed E-state index contributed by atoms with van der Waals surface area (Å²) in [6.07, 6.45) is 7.25.